The Kier molecular flexibility index (Phi) is 5.61. The third-order valence-corrected chi connectivity index (χ3v) is 4.12. The highest BCUT2D eigenvalue weighted by Gasteiger charge is 2.15. The number of ketones is 1. The number of benzene rings is 2. The summed E-state index contributed by atoms with van der Waals surface area (Å²) in [7, 11) is 1.55. The second-order valence-electron chi connectivity index (χ2n) is 5.92. The van der Waals surface area contributed by atoms with Gasteiger partial charge in [0.15, 0.2) is 12.4 Å². The Morgan fingerprint density at radius 3 is 2.26 bits per heavy atom. The van der Waals surface area contributed by atoms with Crippen molar-refractivity contribution in [2.45, 2.75) is 6.92 Å². The zero-order chi connectivity index (χ0) is 19.2. The molecule has 0 aliphatic carbocycles. The van der Waals surface area contributed by atoms with E-state index in [4.69, 9.17) is 9.47 Å². The lowest BCUT2D eigenvalue weighted by molar-refractivity contribution is 0.0473. The molecule has 0 unspecified atom stereocenters. The van der Waals surface area contributed by atoms with Gasteiger partial charge in [0.25, 0.3) is 0 Å². The van der Waals surface area contributed by atoms with Crippen molar-refractivity contribution in [1.29, 1.82) is 0 Å². The Balaban J connectivity index is 1.66. The molecule has 0 bridgehead atoms. The number of ether oxygens (including phenoxy) is 2. The number of Topliss-reactive ketones (excluding diaryl/α,β-unsaturated/α-hetero) is 1. The van der Waals surface area contributed by atoms with Crippen LogP contribution in [0.4, 0.5) is 0 Å². The number of aromatic nitrogens is 1. The second kappa shape index (κ2) is 8.27. The molecule has 27 heavy (non-hydrogen) atoms. The maximum Gasteiger partial charge on any atom is 0.340 e. The normalized spacial score (nSPS) is 10.3. The number of pyridine rings is 1. The van der Waals surface area contributed by atoms with Crippen LogP contribution in [0.25, 0.3) is 11.3 Å². The summed E-state index contributed by atoms with van der Waals surface area (Å²) in [5.74, 6) is -0.192. The third kappa shape index (κ3) is 4.39. The molecule has 0 saturated carbocycles. The van der Waals surface area contributed by atoms with Crippen molar-refractivity contribution in [3.8, 4) is 17.0 Å². The number of esters is 1. The van der Waals surface area contributed by atoms with Crippen LogP contribution in [-0.2, 0) is 4.74 Å². The van der Waals surface area contributed by atoms with E-state index in [9.17, 15) is 9.59 Å². The number of hydrogen-bond donors (Lipinski definition) is 0. The standard InChI is InChI=1S/C22H19NO4/c1-15-19(12-13-20(23-15)16-6-4-3-5-7-16)22(25)27-14-21(24)17-8-10-18(26-2)11-9-17/h3-13H,14H2,1-2H3. The fourth-order valence-electron chi connectivity index (χ4n) is 2.62. The van der Waals surface area contributed by atoms with E-state index >= 15 is 0 Å². The van der Waals surface area contributed by atoms with Crippen molar-refractivity contribution in [3.05, 3.63) is 83.6 Å². The number of methoxy groups -OCH3 is 1. The van der Waals surface area contributed by atoms with E-state index in [0.717, 1.165) is 11.3 Å². The molecule has 0 spiro atoms. The highest BCUT2D eigenvalue weighted by molar-refractivity contribution is 5.99. The van der Waals surface area contributed by atoms with Gasteiger partial charge in [-0.15, -0.1) is 0 Å². The van der Waals surface area contributed by atoms with Crippen LogP contribution < -0.4 is 4.74 Å². The third-order valence-electron chi connectivity index (χ3n) is 4.12. The van der Waals surface area contributed by atoms with Gasteiger partial charge in [0.1, 0.15) is 5.75 Å². The lowest BCUT2D eigenvalue weighted by atomic mass is 10.1. The predicted octanol–water partition coefficient (Wildman–Crippen LogP) is 4.11. The van der Waals surface area contributed by atoms with Crippen molar-refractivity contribution in [1.82, 2.24) is 4.98 Å². The van der Waals surface area contributed by atoms with E-state index in [-0.39, 0.29) is 12.4 Å². The first kappa shape index (κ1) is 18.3. The fraction of sp³-hybridized carbons (Fsp3) is 0.136. The highest BCUT2D eigenvalue weighted by atomic mass is 16.5. The molecule has 0 atom stereocenters. The van der Waals surface area contributed by atoms with E-state index in [1.54, 1.807) is 50.4 Å². The Morgan fingerprint density at radius 1 is 0.926 bits per heavy atom. The quantitative estimate of drug-likeness (QED) is 0.488. The average Bonchev–Trinajstić information content (AvgIpc) is 2.72. The van der Waals surface area contributed by atoms with E-state index in [1.807, 2.05) is 30.3 Å². The zero-order valence-electron chi connectivity index (χ0n) is 15.1. The molecular formula is C22H19NO4. The molecule has 2 aromatic carbocycles. The summed E-state index contributed by atoms with van der Waals surface area (Å²) in [6.07, 6.45) is 0. The van der Waals surface area contributed by atoms with Gasteiger partial charge in [-0.05, 0) is 43.3 Å². The van der Waals surface area contributed by atoms with Crippen LogP contribution in [-0.4, -0.2) is 30.5 Å². The molecular weight excluding hydrogens is 342 g/mol. The number of carbonyl (C=O) groups is 2. The summed E-state index contributed by atoms with van der Waals surface area (Å²) in [6.45, 7) is 1.42. The van der Waals surface area contributed by atoms with Crippen LogP contribution in [0, 0.1) is 6.92 Å². The van der Waals surface area contributed by atoms with Crippen molar-refractivity contribution < 1.29 is 19.1 Å². The Bertz CT molecular complexity index is 950. The molecule has 0 radical (unpaired) electrons. The summed E-state index contributed by atoms with van der Waals surface area (Å²) >= 11 is 0. The van der Waals surface area contributed by atoms with Gasteiger partial charge in [-0.25, -0.2) is 4.79 Å². The first-order chi connectivity index (χ1) is 13.1. The van der Waals surface area contributed by atoms with Gasteiger partial charge in [0, 0.05) is 11.1 Å². The van der Waals surface area contributed by atoms with Crippen molar-refractivity contribution in [2.24, 2.45) is 0 Å². The number of nitrogens with zero attached hydrogens (tertiary/aromatic N) is 1. The summed E-state index contributed by atoms with van der Waals surface area (Å²) in [5, 5.41) is 0. The topological polar surface area (TPSA) is 65.5 Å². The van der Waals surface area contributed by atoms with Crippen LogP contribution in [0.3, 0.4) is 0 Å². The largest absolute Gasteiger partial charge is 0.497 e. The number of rotatable bonds is 6. The Morgan fingerprint density at radius 2 is 1.63 bits per heavy atom. The summed E-state index contributed by atoms with van der Waals surface area (Å²) in [4.78, 5) is 29.0. The minimum atomic E-state index is -0.568. The molecule has 1 aromatic heterocycles. The molecule has 0 saturated heterocycles. The maximum absolute atomic E-state index is 12.3. The van der Waals surface area contributed by atoms with Gasteiger partial charge < -0.3 is 9.47 Å². The SMILES string of the molecule is COc1ccc(C(=O)COC(=O)c2ccc(-c3ccccc3)nc2C)cc1. The van der Waals surface area contributed by atoms with Crippen LogP contribution >= 0.6 is 0 Å². The van der Waals surface area contributed by atoms with E-state index < -0.39 is 5.97 Å². The molecule has 0 fully saturated rings. The predicted molar refractivity (Wildman–Crippen MR) is 102 cm³/mol. The van der Waals surface area contributed by atoms with Gasteiger partial charge in [-0.1, -0.05) is 30.3 Å². The molecule has 136 valence electrons. The van der Waals surface area contributed by atoms with Crippen molar-refractivity contribution in [3.63, 3.8) is 0 Å². The summed E-state index contributed by atoms with van der Waals surface area (Å²) in [6, 6.07) is 19.8. The molecule has 3 aromatic rings. The van der Waals surface area contributed by atoms with Gasteiger partial charge in [0.05, 0.1) is 24.1 Å². The Hall–Kier alpha value is -3.47. The number of hydrogen-bond acceptors (Lipinski definition) is 5. The monoisotopic (exact) mass is 361 g/mol. The molecule has 1 heterocycles. The minimum Gasteiger partial charge on any atom is -0.497 e. The average molecular weight is 361 g/mol. The van der Waals surface area contributed by atoms with Gasteiger partial charge in [-0.2, -0.15) is 0 Å². The molecule has 3 rings (SSSR count). The van der Waals surface area contributed by atoms with Crippen molar-refractivity contribution in [2.75, 3.05) is 13.7 Å². The first-order valence-corrected chi connectivity index (χ1v) is 8.46. The van der Waals surface area contributed by atoms with E-state index in [2.05, 4.69) is 4.98 Å². The highest BCUT2D eigenvalue weighted by Crippen LogP contribution is 2.19. The zero-order valence-corrected chi connectivity index (χ0v) is 15.1. The molecule has 0 aliphatic rings. The maximum atomic E-state index is 12.3. The molecule has 5 nitrogen and oxygen atoms in total. The summed E-state index contributed by atoms with van der Waals surface area (Å²) < 4.78 is 10.2. The van der Waals surface area contributed by atoms with Crippen LogP contribution in [0.1, 0.15) is 26.4 Å². The fourth-order valence-corrected chi connectivity index (χ4v) is 2.62. The Labute approximate surface area is 157 Å². The second-order valence-corrected chi connectivity index (χ2v) is 5.92. The molecule has 5 heteroatoms. The van der Waals surface area contributed by atoms with Crippen LogP contribution in [0.15, 0.2) is 66.7 Å². The molecule has 0 N–H and O–H groups in total. The van der Waals surface area contributed by atoms with Gasteiger partial charge in [-0.3, -0.25) is 9.78 Å². The van der Waals surface area contributed by atoms with Gasteiger partial charge in [0.2, 0.25) is 0 Å². The lowest BCUT2D eigenvalue weighted by Gasteiger charge is -2.08. The van der Waals surface area contributed by atoms with Crippen LogP contribution in [0.5, 0.6) is 5.75 Å². The lowest BCUT2D eigenvalue weighted by Crippen LogP contribution is -2.15. The molecule has 0 amide bonds. The number of carbonyl (C=O) groups excluding carboxylic acids is 2. The van der Waals surface area contributed by atoms with Gasteiger partial charge >= 0.3 is 5.97 Å². The van der Waals surface area contributed by atoms with Crippen LogP contribution in [0.2, 0.25) is 0 Å². The van der Waals surface area contributed by atoms with E-state index in [0.29, 0.717) is 22.6 Å². The van der Waals surface area contributed by atoms with E-state index in [1.165, 1.54) is 0 Å². The molecule has 0 aliphatic heterocycles. The smallest absolute Gasteiger partial charge is 0.340 e. The number of aryl methyl sites for hydroxylation is 1. The van der Waals surface area contributed by atoms with Crippen molar-refractivity contribution >= 4 is 11.8 Å². The first-order valence-electron chi connectivity index (χ1n) is 8.46. The minimum absolute atomic E-state index is 0.280. The summed E-state index contributed by atoms with van der Waals surface area (Å²) in [5.41, 5.74) is 3.10.